The second-order valence-electron chi connectivity index (χ2n) is 5.68. The molecular formula is C15H21N3O2. The number of hydrogen-bond acceptors (Lipinski definition) is 4. The highest BCUT2D eigenvalue weighted by Gasteiger charge is 2.30. The van der Waals surface area contributed by atoms with Gasteiger partial charge in [-0.25, -0.2) is 0 Å². The third-order valence-electron chi connectivity index (χ3n) is 4.66. The maximum Gasteiger partial charge on any atom is 0.271 e. The SMILES string of the molecule is CCN1CCC(N2CCc3ccc([N+](=O)[O-])cc32)CC1. The summed E-state index contributed by atoms with van der Waals surface area (Å²) in [6, 6.07) is 5.85. The predicted molar refractivity (Wildman–Crippen MR) is 79.3 cm³/mol. The number of rotatable bonds is 3. The molecule has 5 nitrogen and oxygen atoms in total. The summed E-state index contributed by atoms with van der Waals surface area (Å²) in [5.41, 5.74) is 2.56. The predicted octanol–water partition coefficient (Wildman–Crippen LogP) is 2.44. The summed E-state index contributed by atoms with van der Waals surface area (Å²) < 4.78 is 0. The van der Waals surface area contributed by atoms with E-state index in [0.717, 1.165) is 51.1 Å². The average Bonchev–Trinajstić information content (AvgIpc) is 2.90. The topological polar surface area (TPSA) is 49.6 Å². The Balaban J connectivity index is 1.78. The number of anilines is 1. The molecule has 1 saturated heterocycles. The highest BCUT2D eigenvalue weighted by Crippen LogP contribution is 2.35. The summed E-state index contributed by atoms with van der Waals surface area (Å²) >= 11 is 0. The number of nitro groups is 1. The van der Waals surface area contributed by atoms with Crippen molar-refractivity contribution >= 4 is 11.4 Å². The highest BCUT2D eigenvalue weighted by atomic mass is 16.6. The molecule has 0 radical (unpaired) electrons. The van der Waals surface area contributed by atoms with Gasteiger partial charge in [0.15, 0.2) is 0 Å². The van der Waals surface area contributed by atoms with Crippen LogP contribution in [0, 0.1) is 10.1 Å². The fourth-order valence-electron chi connectivity index (χ4n) is 3.43. The first kappa shape index (κ1) is 13.4. The van der Waals surface area contributed by atoms with Crippen LogP contribution in [0.4, 0.5) is 11.4 Å². The number of non-ortho nitro benzene ring substituents is 1. The fourth-order valence-corrected chi connectivity index (χ4v) is 3.43. The quantitative estimate of drug-likeness (QED) is 0.628. The second kappa shape index (κ2) is 5.40. The molecule has 0 unspecified atom stereocenters. The van der Waals surface area contributed by atoms with Gasteiger partial charge in [-0.2, -0.15) is 0 Å². The van der Waals surface area contributed by atoms with Crippen molar-refractivity contribution in [2.75, 3.05) is 31.1 Å². The summed E-state index contributed by atoms with van der Waals surface area (Å²) in [7, 11) is 0. The van der Waals surface area contributed by atoms with Crippen LogP contribution in [0.25, 0.3) is 0 Å². The Morgan fingerprint density at radius 3 is 2.70 bits per heavy atom. The van der Waals surface area contributed by atoms with Gasteiger partial charge < -0.3 is 9.80 Å². The molecular weight excluding hydrogens is 254 g/mol. The van der Waals surface area contributed by atoms with Crippen LogP contribution in [0.5, 0.6) is 0 Å². The molecule has 108 valence electrons. The van der Waals surface area contributed by atoms with Crippen molar-refractivity contribution in [3.05, 3.63) is 33.9 Å². The fraction of sp³-hybridized carbons (Fsp3) is 0.600. The third kappa shape index (κ3) is 2.38. The Kier molecular flexibility index (Phi) is 3.61. The van der Waals surface area contributed by atoms with Crippen LogP contribution in [0.2, 0.25) is 0 Å². The molecule has 2 heterocycles. The van der Waals surface area contributed by atoms with Crippen LogP contribution in [0.15, 0.2) is 18.2 Å². The van der Waals surface area contributed by atoms with Crippen LogP contribution in [-0.4, -0.2) is 42.0 Å². The molecule has 0 aliphatic carbocycles. The molecule has 5 heteroatoms. The summed E-state index contributed by atoms with van der Waals surface area (Å²) in [6.45, 7) is 6.61. The van der Waals surface area contributed by atoms with E-state index in [9.17, 15) is 10.1 Å². The van der Waals surface area contributed by atoms with E-state index in [1.54, 1.807) is 12.1 Å². The largest absolute Gasteiger partial charge is 0.368 e. The van der Waals surface area contributed by atoms with Gasteiger partial charge in [0.05, 0.1) is 4.92 Å². The van der Waals surface area contributed by atoms with Crippen molar-refractivity contribution in [3.63, 3.8) is 0 Å². The third-order valence-corrected chi connectivity index (χ3v) is 4.66. The molecule has 3 rings (SSSR count). The first-order valence-electron chi connectivity index (χ1n) is 7.45. The minimum atomic E-state index is -0.295. The van der Waals surface area contributed by atoms with E-state index in [0.29, 0.717) is 6.04 Å². The number of likely N-dealkylation sites (tertiary alicyclic amines) is 1. The van der Waals surface area contributed by atoms with Crippen molar-refractivity contribution < 1.29 is 4.92 Å². The lowest BCUT2D eigenvalue weighted by Gasteiger charge is -2.37. The maximum atomic E-state index is 10.9. The van der Waals surface area contributed by atoms with Gasteiger partial charge >= 0.3 is 0 Å². The zero-order chi connectivity index (χ0) is 14.1. The summed E-state index contributed by atoms with van der Waals surface area (Å²) in [4.78, 5) is 15.5. The van der Waals surface area contributed by atoms with Crippen molar-refractivity contribution in [1.82, 2.24) is 4.90 Å². The van der Waals surface area contributed by atoms with Crippen molar-refractivity contribution in [2.45, 2.75) is 32.2 Å². The molecule has 0 amide bonds. The van der Waals surface area contributed by atoms with Gasteiger partial charge in [0.2, 0.25) is 0 Å². The lowest BCUT2D eigenvalue weighted by molar-refractivity contribution is -0.384. The molecule has 1 aromatic rings. The average molecular weight is 275 g/mol. The minimum Gasteiger partial charge on any atom is -0.368 e. The van der Waals surface area contributed by atoms with E-state index in [-0.39, 0.29) is 10.6 Å². The number of fused-ring (bicyclic) bond motifs is 1. The molecule has 2 aliphatic rings. The standard InChI is InChI=1S/C15H21N3O2/c1-2-16-8-6-13(7-9-16)17-10-5-12-3-4-14(18(19)20)11-15(12)17/h3-4,11,13H,2,5-10H2,1H3. The minimum absolute atomic E-state index is 0.210. The molecule has 2 aliphatic heterocycles. The zero-order valence-electron chi connectivity index (χ0n) is 11.9. The van der Waals surface area contributed by atoms with E-state index in [2.05, 4.69) is 16.7 Å². The number of piperidine rings is 1. The van der Waals surface area contributed by atoms with Crippen molar-refractivity contribution in [2.24, 2.45) is 0 Å². The van der Waals surface area contributed by atoms with E-state index >= 15 is 0 Å². The van der Waals surface area contributed by atoms with E-state index in [4.69, 9.17) is 0 Å². The van der Waals surface area contributed by atoms with Gasteiger partial charge in [0.1, 0.15) is 0 Å². The van der Waals surface area contributed by atoms with Gasteiger partial charge in [0, 0.05) is 43.5 Å². The van der Waals surface area contributed by atoms with E-state index < -0.39 is 0 Å². The lowest BCUT2D eigenvalue weighted by atomic mass is 10.0. The Bertz CT molecular complexity index is 510. The number of nitro benzene ring substituents is 1. The molecule has 1 aromatic carbocycles. The second-order valence-corrected chi connectivity index (χ2v) is 5.68. The van der Waals surface area contributed by atoms with Crippen LogP contribution in [0.3, 0.4) is 0 Å². The van der Waals surface area contributed by atoms with Crippen molar-refractivity contribution in [3.8, 4) is 0 Å². The Morgan fingerprint density at radius 2 is 2.05 bits per heavy atom. The molecule has 0 aromatic heterocycles. The van der Waals surface area contributed by atoms with Crippen LogP contribution >= 0.6 is 0 Å². The molecule has 0 spiro atoms. The van der Waals surface area contributed by atoms with Gasteiger partial charge in [-0.15, -0.1) is 0 Å². The zero-order valence-corrected chi connectivity index (χ0v) is 11.9. The molecule has 20 heavy (non-hydrogen) atoms. The molecule has 0 saturated carbocycles. The molecule has 0 bridgehead atoms. The van der Waals surface area contributed by atoms with E-state index in [1.807, 2.05) is 6.07 Å². The van der Waals surface area contributed by atoms with Gasteiger partial charge in [-0.05, 0) is 31.4 Å². The lowest BCUT2D eigenvalue weighted by Crippen LogP contribution is -2.44. The smallest absolute Gasteiger partial charge is 0.271 e. The van der Waals surface area contributed by atoms with Gasteiger partial charge in [-0.1, -0.05) is 13.0 Å². The normalized spacial score (nSPS) is 20.1. The summed E-state index contributed by atoms with van der Waals surface area (Å²) in [5, 5.41) is 10.9. The monoisotopic (exact) mass is 275 g/mol. The summed E-state index contributed by atoms with van der Waals surface area (Å²) in [6.07, 6.45) is 3.34. The number of nitrogens with zero attached hydrogens (tertiary/aromatic N) is 3. The molecule has 0 atom stereocenters. The number of hydrogen-bond donors (Lipinski definition) is 0. The number of benzene rings is 1. The van der Waals surface area contributed by atoms with Crippen molar-refractivity contribution in [1.29, 1.82) is 0 Å². The van der Waals surface area contributed by atoms with Gasteiger partial charge in [0.25, 0.3) is 5.69 Å². The maximum absolute atomic E-state index is 10.9. The first-order chi connectivity index (χ1) is 9.69. The van der Waals surface area contributed by atoms with Crippen LogP contribution < -0.4 is 4.90 Å². The highest BCUT2D eigenvalue weighted by molar-refractivity contribution is 5.63. The first-order valence-corrected chi connectivity index (χ1v) is 7.45. The van der Waals surface area contributed by atoms with Crippen LogP contribution in [-0.2, 0) is 6.42 Å². The Morgan fingerprint density at radius 1 is 1.30 bits per heavy atom. The van der Waals surface area contributed by atoms with Gasteiger partial charge in [-0.3, -0.25) is 10.1 Å². The Labute approximate surface area is 119 Å². The molecule has 1 fully saturated rings. The molecule has 0 N–H and O–H groups in total. The van der Waals surface area contributed by atoms with Crippen LogP contribution in [0.1, 0.15) is 25.3 Å². The summed E-state index contributed by atoms with van der Waals surface area (Å²) in [5.74, 6) is 0. The van der Waals surface area contributed by atoms with E-state index in [1.165, 1.54) is 5.56 Å². The Hall–Kier alpha value is -1.62.